The van der Waals surface area contributed by atoms with Crippen LogP contribution in [-0.4, -0.2) is 123 Å². The van der Waals surface area contributed by atoms with E-state index in [4.69, 9.17) is 44.6 Å². The monoisotopic (exact) mass is 1230 g/mol. The average Bonchev–Trinajstić information content (AvgIpc) is 1.99. The van der Waals surface area contributed by atoms with Crippen LogP contribution in [0.15, 0.2) is 83.5 Å². The van der Waals surface area contributed by atoms with Crippen molar-refractivity contribution >= 4 is 35.7 Å². The molecule has 17 heteroatoms. The molecule has 2 aromatic carbocycles. The second kappa shape index (κ2) is 40.1. The van der Waals surface area contributed by atoms with Crippen molar-refractivity contribution in [2.45, 2.75) is 253 Å². The van der Waals surface area contributed by atoms with Crippen molar-refractivity contribution < 1.29 is 61.9 Å². The number of rotatable bonds is 32. The van der Waals surface area contributed by atoms with Gasteiger partial charge in [0.25, 0.3) is 0 Å². The van der Waals surface area contributed by atoms with E-state index in [0.29, 0.717) is 101 Å². The maximum Gasteiger partial charge on any atom is 0.333 e. The fourth-order valence-corrected chi connectivity index (χ4v) is 11.7. The highest BCUT2D eigenvalue weighted by Crippen LogP contribution is 2.44. The van der Waals surface area contributed by atoms with E-state index in [1.54, 1.807) is 13.8 Å². The Morgan fingerprint density at radius 2 is 0.841 bits per heavy atom. The maximum absolute atomic E-state index is 12.9. The molecule has 0 saturated heterocycles. The van der Waals surface area contributed by atoms with Gasteiger partial charge < -0.3 is 55.3 Å². The van der Waals surface area contributed by atoms with Crippen LogP contribution >= 0.6 is 0 Å². The van der Waals surface area contributed by atoms with Crippen molar-refractivity contribution in [3.63, 3.8) is 0 Å². The third kappa shape index (κ3) is 23.3. The predicted octanol–water partition coefficient (Wildman–Crippen LogP) is 12.0. The average molecular weight is 1230 g/mol. The zero-order valence-electron chi connectivity index (χ0n) is 55.4. The standard InChI is InChI=1S/C36H47NO6.C20H36N2O4.C15H27NO3/c1-5-26(6-2)43-33-22-25(36(40)41-7-3)21-32(24(33)4)37-34(38)19-9-8-10-20-35(39)42-23-31-29-17-13-11-15-27(29)28-16-12-14-18-30(28)31;1-5-16(6-2)26-18-13-15(20(24)25-7-3)12-17(14(18)4)22-19(23)10-8-9-11-21;1-5-12(6-2)19-14-9-11(15(17)18-7-3)8-13(16)10(14)4/h11-18,22,24,26,31-33H,5-10,19-21,23H2,1-4H3,(H,37,38);13-14,16-18H,5-12,21H2,1-4H3,(H,22,23);9-10,12-14H,5-8,16H2,1-4H3/t24-,32+,33-;14-,17+,18-;10-,13+,14-/m111/s1. The van der Waals surface area contributed by atoms with Crippen LogP contribution in [0.4, 0.5) is 0 Å². The minimum absolute atomic E-state index is 0.00157. The lowest BCUT2D eigenvalue weighted by Gasteiger charge is -2.36. The first-order valence-electron chi connectivity index (χ1n) is 33.3. The first-order valence-corrected chi connectivity index (χ1v) is 33.3. The van der Waals surface area contributed by atoms with Crippen LogP contribution in [0.2, 0.25) is 0 Å². The highest BCUT2D eigenvalue weighted by Gasteiger charge is 2.38. The summed E-state index contributed by atoms with van der Waals surface area (Å²) in [6, 6.07) is 16.2. The zero-order valence-corrected chi connectivity index (χ0v) is 55.4. The Kier molecular flexibility index (Phi) is 34.1. The van der Waals surface area contributed by atoms with E-state index >= 15 is 0 Å². The molecule has 0 aromatic heterocycles. The third-order valence-electron chi connectivity index (χ3n) is 17.5. The molecule has 6 rings (SSSR count). The van der Waals surface area contributed by atoms with E-state index < -0.39 is 0 Å². The molecule has 6 N–H and O–H groups in total. The van der Waals surface area contributed by atoms with Gasteiger partial charge in [-0.25, -0.2) is 14.4 Å². The summed E-state index contributed by atoms with van der Waals surface area (Å²) in [6.07, 6.45) is 17.5. The van der Waals surface area contributed by atoms with Crippen LogP contribution in [0.5, 0.6) is 0 Å². The van der Waals surface area contributed by atoms with Crippen LogP contribution < -0.4 is 22.1 Å². The number of unbranched alkanes of at least 4 members (excludes halogenated alkanes) is 3. The van der Waals surface area contributed by atoms with Crippen molar-refractivity contribution in [1.82, 2.24) is 10.6 Å². The summed E-state index contributed by atoms with van der Waals surface area (Å²) in [5.41, 5.74) is 18.2. The topological polar surface area (TPSA) is 243 Å². The summed E-state index contributed by atoms with van der Waals surface area (Å²) in [4.78, 5) is 74.3. The molecule has 0 bridgehead atoms. The lowest BCUT2D eigenvalue weighted by atomic mass is 9.83. The number of esters is 4. The number of nitrogens with one attached hydrogen (secondary N) is 2. The first-order chi connectivity index (χ1) is 42.3. The maximum atomic E-state index is 12.9. The molecule has 492 valence electrons. The van der Waals surface area contributed by atoms with Gasteiger partial charge in [0.05, 0.1) is 56.4 Å². The van der Waals surface area contributed by atoms with E-state index in [-0.39, 0.29) is 114 Å². The molecular weight excluding hydrogens is 1120 g/mol. The molecule has 2 aromatic rings. The SMILES string of the molecule is CCOC(=O)C1=C[C@@H](OC(CC)CC)[C@H](C)[C@@H](N)C1.CCOC(=O)C1=C[C@@H](OC(CC)CC)[C@H](C)[C@@H](NC(=O)CCCCCC(=O)OCC2c3ccccc3-c3ccccc32)C1.CCOC(=O)C1=C[C@@H](OC(CC)CC)[C@H](C)[C@@H](NC(=O)CCCCN)C1. The van der Waals surface area contributed by atoms with Gasteiger partial charge in [-0.2, -0.15) is 0 Å². The molecule has 17 nitrogen and oxygen atoms in total. The van der Waals surface area contributed by atoms with Gasteiger partial charge in [-0.05, 0) is 151 Å². The smallest absolute Gasteiger partial charge is 0.333 e. The van der Waals surface area contributed by atoms with Crippen molar-refractivity contribution in [1.29, 1.82) is 0 Å². The number of amides is 2. The van der Waals surface area contributed by atoms with E-state index in [1.165, 1.54) is 22.3 Å². The second-order valence-electron chi connectivity index (χ2n) is 23.8. The van der Waals surface area contributed by atoms with Gasteiger partial charge in [-0.1, -0.05) is 117 Å². The summed E-state index contributed by atoms with van der Waals surface area (Å²) in [7, 11) is 0. The van der Waals surface area contributed by atoms with Crippen molar-refractivity contribution in [2.75, 3.05) is 33.0 Å². The molecule has 0 heterocycles. The van der Waals surface area contributed by atoms with E-state index in [0.717, 1.165) is 57.8 Å². The molecular formula is C71H110N4O13. The molecule has 0 radical (unpaired) electrons. The second-order valence-corrected chi connectivity index (χ2v) is 23.8. The molecule has 0 spiro atoms. The zero-order chi connectivity index (χ0) is 64.7. The number of hydrogen-bond donors (Lipinski definition) is 4. The Bertz CT molecular complexity index is 2530. The number of fused-ring (bicyclic) bond motifs is 3. The minimum Gasteiger partial charge on any atom is -0.465 e. The van der Waals surface area contributed by atoms with E-state index in [1.807, 2.05) is 49.4 Å². The van der Waals surface area contributed by atoms with Crippen molar-refractivity contribution in [2.24, 2.45) is 29.2 Å². The summed E-state index contributed by atoms with van der Waals surface area (Å²) in [5, 5.41) is 6.23. The van der Waals surface area contributed by atoms with Gasteiger partial charge in [0.15, 0.2) is 0 Å². The largest absolute Gasteiger partial charge is 0.465 e. The minimum atomic E-state index is -0.347. The van der Waals surface area contributed by atoms with Crippen LogP contribution in [0.3, 0.4) is 0 Å². The molecule has 0 saturated carbocycles. The molecule has 0 fully saturated rings. The van der Waals surface area contributed by atoms with Crippen molar-refractivity contribution in [3.05, 3.63) is 94.6 Å². The fourth-order valence-electron chi connectivity index (χ4n) is 11.7. The summed E-state index contributed by atoms with van der Waals surface area (Å²) in [5.74, 6) is -0.790. The van der Waals surface area contributed by atoms with E-state index in [9.17, 15) is 28.8 Å². The number of benzene rings is 2. The Morgan fingerprint density at radius 3 is 1.23 bits per heavy atom. The summed E-state index contributed by atoms with van der Waals surface area (Å²) < 4.78 is 39.8. The van der Waals surface area contributed by atoms with Gasteiger partial charge in [-0.15, -0.1) is 0 Å². The third-order valence-corrected chi connectivity index (χ3v) is 17.5. The molecule has 0 aliphatic heterocycles. The lowest BCUT2D eigenvalue weighted by Crippen LogP contribution is -2.47. The van der Waals surface area contributed by atoms with Gasteiger partial charge >= 0.3 is 23.9 Å². The quantitative estimate of drug-likeness (QED) is 0.0302. The molecule has 9 atom stereocenters. The summed E-state index contributed by atoms with van der Waals surface area (Å²) in [6.45, 7) is 26.1. The van der Waals surface area contributed by atoms with Crippen LogP contribution in [0.25, 0.3) is 11.1 Å². The Labute approximate surface area is 526 Å². The Morgan fingerprint density at radius 1 is 0.477 bits per heavy atom. The van der Waals surface area contributed by atoms with Crippen molar-refractivity contribution in [3.8, 4) is 11.1 Å². The molecule has 88 heavy (non-hydrogen) atoms. The van der Waals surface area contributed by atoms with Gasteiger partial charge in [-0.3, -0.25) is 14.4 Å². The predicted molar refractivity (Wildman–Crippen MR) is 346 cm³/mol. The highest BCUT2D eigenvalue weighted by molar-refractivity contribution is 5.90. The Hall–Kier alpha value is -5.72. The van der Waals surface area contributed by atoms with E-state index in [2.05, 4.69) is 97.2 Å². The van der Waals surface area contributed by atoms with Crippen LogP contribution in [0.1, 0.15) is 209 Å². The normalized spacial score (nSPS) is 22.1. The number of nitrogens with two attached hydrogens (primary N) is 2. The lowest BCUT2D eigenvalue weighted by molar-refractivity contribution is -0.144. The first kappa shape index (κ1) is 74.7. The summed E-state index contributed by atoms with van der Waals surface area (Å²) >= 11 is 0. The van der Waals surface area contributed by atoms with Crippen LogP contribution in [-0.2, 0) is 61.9 Å². The van der Waals surface area contributed by atoms with Gasteiger partial charge in [0, 0.05) is 77.8 Å². The fraction of sp³-hybridized carbons (Fsp3) is 0.662. The molecule has 4 aliphatic rings. The van der Waals surface area contributed by atoms with Gasteiger partial charge in [0.2, 0.25) is 11.8 Å². The molecule has 0 unspecified atom stereocenters. The number of carbonyl (C=O) groups excluding carboxylic acids is 6. The number of carbonyl (C=O) groups is 6. The highest BCUT2D eigenvalue weighted by atomic mass is 16.5. The molecule has 2 amide bonds. The van der Waals surface area contributed by atoms with Crippen LogP contribution in [0, 0.1) is 17.8 Å². The molecule has 4 aliphatic carbocycles. The number of ether oxygens (including phenoxy) is 7. The van der Waals surface area contributed by atoms with Gasteiger partial charge in [0.1, 0.15) is 6.61 Å². The number of hydrogen-bond acceptors (Lipinski definition) is 15. The Balaban J connectivity index is 0.000000312.